The molecule has 0 radical (unpaired) electrons. The van der Waals surface area contributed by atoms with Crippen LogP contribution in [0.15, 0.2) is 36.8 Å². The summed E-state index contributed by atoms with van der Waals surface area (Å²) in [5.41, 5.74) is -2.98. The predicted molar refractivity (Wildman–Crippen MR) is 97.5 cm³/mol. The molecule has 2 aromatic heterocycles. The molecule has 10 heteroatoms. The van der Waals surface area contributed by atoms with Crippen LogP contribution >= 0.6 is 12.6 Å². The van der Waals surface area contributed by atoms with Gasteiger partial charge in [-0.2, -0.15) is 18.4 Å². The van der Waals surface area contributed by atoms with Gasteiger partial charge in [0.2, 0.25) is 0 Å². The molecule has 28 heavy (non-hydrogen) atoms. The Hall–Kier alpha value is -2.80. The minimum atomic E-state index is -4.76. The first kappa shape index (κ1) is 18.6. The monoisotopic (exact) mass is 405 g/mol. The third-order valence-electron chi connectivity index (χ3n) is 5.21. The summed E-state index contributed by atoms with van der Waals surface area (Å²) in [5.74, 6) is -0.331. The normalized spacial score (nSPS) is 21.0. The van der Waals surface area contributed by atoms with Crippen LogP contribution in [0.2, 0.25) is 0 Å². The zero-order valence-electron chi connectivity index (χ0n) is 14.4. The Kier molecular flexibility index (Phi) is 4.23. The molecule has 0 bridgehead atoms. The highest BCUT2D eigenvalue weighted by molar-refractivity contribution is 7.81. The summed E-state index contributed by atoms with van der Waals surface area (Å²) in [6.45, 7) is 0. The van der Waals surface area contributed by atoms with E-state index in [0.29, 0.717) is 18.5 Å². The summed E-state index contributed by atoms with van der Waals surface area (Å²) in [6, 6.07) is 5.73. The molecular weight excluding hydrogens is 391 g/mol. The third-order valence-corrected chi connectivity index (χ3v) is 5.67. The first-order valence-corrected chi connectivity index (χ1v) is 9.00. The van der Waals surface area contributed by atoms with Crippen LogP contribution in [0.4, 0.5) is 24.5 Å². The van der Waals surface area contributed by atoms with Gasteiger partial charge in [0, 0.05) is 6.20 Å². The molecule has 3 heterocycles. The van der Waals surface area contributed by atoms with E-state index in [1.54, 1.807) is 29.4 Å². The summed E-state index contributed by atoms with van der Waals surface area (Å²) >= 11 is 4.55. The maximum atomic E-state index is 13.3. The number of hydrogen-bond acceptors (Lipinski definition) is 6. The first-order chi connectivity index (χ1) is 13.3. The predicted octanol–water partition coefficient (Wildman–Crippen LogP) is 3.36. The van der Waals surface area contributed by atoms with Crippen LogP contribution in [0.25, 0.3) is 0 Å². The molecule has 1 aliphatic heterocycles. The third kappa shape index (κ3) is 2.61. The van der Waals surface area contributed by atoms with Crippen LogP contribution in [0.1, 0.15) is 30.5 Å². The minimum absolute atomic E-state index is 0.0472. The van der Waals surface area contributed by atoms with Crippen LogP contribution < -0.4 is 9.80 Å². The van der Waals surface area contributed by atoms with Crippen molar-refractivity contribution in [3.8, 4) is 6.07 Å². The van der Waals surface area contributed by atoms with Gasteiger partial charge in [-0.1, -0.05) is 0 Å². The Morgan fingerprint density at radius 2 is 2.04 bits per heavy atom. The summed E-state index contributed by atoms with van der Waals surface area (Å²) in [4.78, 5) is 24.0. The van der Waals surface area contributed by atoms with Crippen molar-refractivity contribution in [2.45, 2.75) is 36.5 Å². The number of pyridine rings is 2. The van der Waals surface area contributed by atoms with Gasteiger partial charge in [0.1, 0.15) is 11.6 Å². The average molecular weight is 405 g/mol. The van der Waals surface area contributed by atoms with E-state index in [-0.39, 0.29) is 11.6 Å². The molecule has 1 saturated heterocycles. The van der Waals surface area contributed by atoms with Crippen molar-refractivity contribution in [2.75, 3.05) is 9.80 Å². The molecule has 1 aliphatic carbocycles. The van der Waals surface area contributed by atoms with Crippen LogP contribution in [0.3, 0.4) is 0 Å². The van der Waals surface area contributed by atoms with E-state index in [2.05, 4.69) is 22.6 Å². The molecular formula is C18H14F3N5OS. The van der Waals surface area contributed by atoms with Crippen molar-refractivity contribution < 1.29 is 18.0 Å². The standard InChI is InChI=1S/C18H14F3N5OS/c19-18(20,21)13-7-12(10-24-14(13)8-22)25-15(27)17(4-2-5-17)26(16(25)28)11-3-1-6-23-9-11/h1,3,6-7,9-10,16,28H,2,4-5H2. The summed E-state index contributed by atoms with van der Waals surface area (Å²) in [5, 5.41) is 8.94. The Labute approximate surface area is 164 Å². The lowest BCUT2D eigenvalue weighted by molar-refractivity contribution is -0.138. The SMILES string of the molecule is N#Cc1ncc(N2C(=O)C3(CCC3)N(c3cccnc3)C2S)cc1C(F)(F)F. The highest BCUT2D eigenvalue weighted by Crippen LogP contribution is 2.50. The zero-order valence-corrected chi connectivity index (χ0v) is 15.3. The van der Waals surface area contributed by atoms with Gasteiger partial charge in [-0.3, -0.25) is 14.7 Å². The summed E-state index contributed by atoms with van der Waals surface area (Å²) < 4.78 is 40.0. The molecule has 2 fully saturated rings. The minimum Gasteiger partial charge on any atom is -0.326 e. The van der Waals surface area contributed by atoms with Gasteiger partial charge in [-0.05, 0) is 37.5 Å². The van der Waals surface area contributed by atoms with E-state index in [1.807, 2.05) is 0 Å². The highest BCUT2D eigenvalue weighted by atomic mass is 32.1. The lowest BCUT2D eigenvalue weighted by Crippen LogP contribution is -2.55. The number of nitriles is 1. The Balaban J connectivity index is 1.81. The van der Waals surface area contributed by atoms with Crippen molar-refractivity contribution in [1.82, 2.24) is 9.97 Å². The molecule has 1 spiro atoms. The quantitative estimate of drug-likeness (QED) is 0.776. The van der Waals surface area contributed by atoms with Gasteiger partial charge in [0.15, 0.2) is 11.2 Å². The second-order valence-corrected chi connectivity index (χ2v) is 7.15. The van der Waals surface area contributed by atoms with E-state index in [1.165, 1.54) is 11.0 Å². The topological polar surface area (TPSA) is 73.1 Å². The number of thiol groups is 1. The number of rotatable bonds is 2. The molecule has 0 aromatic carbocycles. The first-order valence-electron chi connectivity index (χ1n) is 8.48. The lowest BCUT2D eigenvalue weighted by atomic mass is 9.75. The van der Waals surface area contributed by atoms with Crippen molar-refractivity contribution in [1.29, 1.82) is 5.26 Å². The van der Waals surface area contributed by atoms with Gasteiger partial charge in [0.25, 0.3) is 5.91 Å². The Morgan fingerprint density at radius 3 is 2.57 bits per heavy atom. The smallest absolute Gasteiger partial charge is 0.326 e. The Morgan fingerprint density at radius 1 is 1.29 bits per heavy atom. The molecule has 0 N–H and O–H groups in total. The van der Waals surface area contributed by atoms with Crippen LogP contribution in [0.5, 0.6) is 0 Å². The fourth-order valence-corrected chi connectivity index (χ4v) is 4.35. The maximum Gasteiger partial charge on any atom is 0.419 e. The Bertz CT molecular complexity index is 971. The van der Waals surface area contributed by atoms with Gasteiger partial charge in [0.05, 0.1) is 29.3 Å². The average Bonchev–Trinajstić information content (AvgIpc) is 2.88. The molecule has 2 aliphatic rings. The number of halogens is 3. The molecule has 2 aromatic rings. The molecule has 1 atom stereocenters. The van der Waals surface area contributed by atoms with Crippen molar-refractivity contribution in [2.24, 2.45) is 0 Å². The molecule has 1 amide bonds. The van der Waals surface area contributed by atoms with E-state index < -0.39 is 28.5 Å². The van der Waals surface area contributed by atoms with Gasteiger partial charge < -0.3 is 4.90 Å². The number of aromatic nitrogens is 2. The molecule has 144 valence electrons. The van der Waals surface area contributed by atoms with E-state index in [4.69, 9.17) is 5.26 Å². The molecule has 1 saturated carbocycles. The van der Waals surface area contributed by atoms with Gasteiger partial charge in [-0.15, -0.1) is 12.6 Å². The number of carbonyl (C=O) groups is 1. The number of alkyl halides is 3. The van der Waals surface area contributed by atoms with Crippen molar-refractivity contribution >= 4 is 29.9 Å². The summed E-state index contributed by atoms with van der Waals surface area (Å²) in [7, 11) is 0. The fraction of sp³-hybridized carbons (Fsp3) is 0.333. The number of hydrogen-bond donors (Lipinski definition) is 1. The molecule has 6 nitrogen and oxygen atoms in total. The van der Waals surface area contributed by atoms with Gasteiger partial charge in [-0.25, -0.2) is 4.98 Å². The molecule has 1 unspecified atom stereocenters. The second kappa shape index (κ2) is 6.38. The highest BCUT2D eigenvalue weighted by Gasteiger charge is 2.60. The van der Waals surface area contributed by atoms with E-state index >= 15 is 0 Å². The van der Waals surface area contributed by atoms with Gasteiger partial charge >= 0.3 is 6.18 Å². The maximum absolute atomic E-state index is 13.3. The second-order valence-electron chi connectivity index (χ2n) is 6.69. The largest absolute Gasteiger partial charge is 0.419 e. The lowest BCUT2D eigenvalue weighted by Gasteiger charge is -2.44. The number of amides is 1. The number of carbonyl (C=O) groups excluding carboxylic acids is 1. The fourth-order valence-electron chi connectivity index (χ4n) is 3.75. The van der Waals surface area contributed by atoms with Crippen LogP contribution in [0, 0.1) is 11.3 Å². The molecule has 4 rings (SSSR count). The summed E-state index contributed by atoms with van der Waals surface area (Å²) in [6.07, 6.45) is 1.51. The number of nitrogens with zero attached hydrogens (tertiary/aromatic N) is 5. The van der Waals surface area contributed by atoms with Crippen molar-refractivity contribution in [3.63, 3.8) is 0 Å². The number of anilines is 2. The van der Waals surface area contributed by atoms with E-state index in [0.717, 1.165) is 18.7 Å². The van der Waals surface area contributed by atoms with Crippen molar-refractivity contribution in [3.05, 3.63) is 48.0 Å². The zero-order chi connectivity index (χ0) is 20.1. The van der Waals surface area contributed by atoms with E-state index in [9.17, 15) is 18.0 Å². The van der Waals surface area contributed by atoms with Crippen LogP contribution in [-0.4, -0.2) is 26.9 Å². The van der Waals surface area contributed by atoms with Crippen LogP contribution in [-0.2, 0) is 11.0 Å².